The van der Waals surface area contributed by atoms with Gasteiger partial charge in [0.15, 0.2) is 0 Å². The maximum absolute atomic E-state index is 12.2. The summed E-state index contributed by atoms with van der Waals surface area (Å²) < 4.78 is 7.60. The standard InChI is InChI=1S/C26H27N5O2/c1-3-17(2)16-29-26(32)33-18-9-10-19-20(11-13-28-22(19)15-18)24-23-8-6-14-31(23)30-25(24)21-7-4-5-12-27-21/h4-5,7,9-13,15,17H,3,6,8,14,16H2,1-2H3,(H,29,32). The maximum atomic E-state index is 12.2. The number of ether oxygens (including phenoxy) is 1. The van der Waals surface area contributed by atoms with Crippen molar-refractivity contribution in [3.05, 3.63) is 60.6 Å². The molecule has 3 aromatic heterocycles. The van der Waals surface area contributed by atoms with Gasteiger partial charge in [0.2, 0.25) is 0 Å². The van der Waals surface area contributed by atoms with E-state index in [0.29, 0.717) is 18.2 Å². The van der Waals surface area contributed by atoms with Gasteiger partial charge in [0.25, 0.3) is 0 Å². The van der Waals surface area contributed by atoms with E-state index in [1.807, 2.05) is 42.5 Å². The third-order valence-electron chi connectivity index (χ3n) is 6.23. The summed E-state index contributed by atoms with van der Waals surface area (Å²) in [6.07, 6.45) is 6.22. The second kappa shape index (κ2) is 9.02. The van der Waals surface area contributed by atoms with E-state index in [0.717, 1.165) is 59.2 Å². The van der Waals surface area contributed by atoms with Gasteiger partial charge in [0, 0.05) is 48.2 Å². The summed E-state index contributed by atoms with van der Waals surface area (Å²) in [5, 5.41) is 8.71. The smallest absolute Gasteiger partial charge is 0.410 e. The fraction of sp³-hybridized carbons (Fsp3) is 0.308. The molecule has 0 bridgehead atoms. The lowest BCUT2D eigenvalue weighted by Gasteiger charge is -2.12. The van der Waals surface area contributed by atoms with Gasteiger partial charge in [-0.15, -0.1) is 0 Å². The minimum atomic E-state index is -0.447. The molecule has 168 valence electrons. The Bertz CT molecular complexity index is 1300. The molecule has 0 saturated carbocycles. The van der Waals surface area contributed by atoms with Gasteiger partial charge in [0.1, 0.15) is 11.4 Å². The first-order valence-corrected chi connectivity index (χ1v) is 11.5. The fourth-order valence-corrected chi connectivity index (χ4v) is 4.25. The predicted octanol–water partition coefficient (Wildman–Crippen LogP) is 5.24. The monoisotopic (exact) mass is 441 g/mol. The largest absolute Gasteiger partial charge is 0.412 e. The maximum Gasteiger partial charge on any atom is 0.412 e. The molecule has 0 saturated heterocycles. The van der Waals surface area contributed by atoms with Crippen LogP contribution in [0.3, 0.4) is 0 Å². The quantitative estimate of drug-likeness (QED) is 0.442. The van der Waals surface area contributed by atoms with Crippen molar-refractivity contribution < 1.29 is 9.53 Å². The molecule has 1 aromatic carbocycles. The van der Waals surface area contributed by atoms with E-state index < -0.39 is 6.09 Å². The highest BCUT2D eigenvalue weighted by Crippen LogP contribution is 2.40. The fourth-order valence-electron chi connectivity index (χ4n) is 4.25. The third-order valence-corrected chi connectivity index (χ3v) is 6.23. The van der Waals surface area contributed by atoms with Crippen molar-refractivity contribution in [2.75, 3.05) is 6.54 Å². The summed E-state index contributed by atoms with van der Waals surface area (Å²) >= 11 is 0. The molecule has 33 heavy (non-hydrogen) atoms. The number of nitrogens with one attached hydrogen (secondary N) is 1. The van der Waals surface area contributed by atoms with Crippen LogP contribution in [0.15, 0.2) is 54.9 Å². The van der Waals surface area contributed by atoms with Crippen molar-refractivity contribution in [1.82, 2.24) is 25.1 Å². The summed E-state index contributed by atoms with van der Waals surface area (Å²) in [5.74, 6) is 0.878. The van der Waals surface area contributed by atoms with Crippen LogP contribution in [-0.2, 0) is 13.0 Å². The van der Waals surface area contributed by atoms with E-state index in [1.54, 1.807) is 12.4 Å². The zero-order valence-electron chi connectivity index (χ0n) is 18.9. The minimum absolute atomic E-state index is 0.407. The zero-order valence-corrected chi connectivity index (χ0v) is 18.9. The van der Waals surface area contributed by atoms with Crippen molar-refractivity contribution in [1.29, 1.82) is 0 Å². The molecule has 7 nitrogen and oxygen atoms in total. The number of amides is 1. The van der Waals surface area contributed by atoms with Crippen LogP contribution in [0.2, 0.25) is 0 Å². The number of hydrogen-bond donors (Lipinski definition) is 1. The second-order valence-electron chi connectivity index (χ2n) is 8.53. The van der Waals surface area contributed by atoms with Crippen molar-refractivity contribution in [2.24, 2.45) is 5.92 Å². The summed E-state index contributed by atoms with van der Waals surface area (Å²) in [4.78, 5) is 21.3. The first-order valence-electron chi connectivity index (χ1n) is 11.5. The molecule has 1 unspecified atom stereocenters. The summed E-state index contributed by atoms with van der Waals surface area (Å²) in [5.41, 5.74) is 5.92. The molecule has 1 atom stereocenters. The molecule has 1 N–H and O–H groups in total. The van der Waals surface area contributed by atoms with Gasteiger partial charge in [-0.05, 0) is 54.7 Å². The van der Waals surface area contributed by atoms with Crippen molar-refractivity contribution in [3.8, 4) is 28.3 Å². The number of rotatable bonds is 6. The van der Waals surface area contributed by atoms with E-state index >= 15 is 0 Å². The van der Waals surface area contributed by atoms with Crippen LogP contribution in [0, 0.1) is 5.92 Å². The lowest BCUT2D eigenvalue weighted by atomic mass is 9.96. The van der Waals surface area contributed by atoms with Gasteiger partial charge in [-0.25, -0.2) is 4.79 Å². The Morgan fingerprint density at radius 3 is 2.91 bits per heavy atom. The second-order valence-corrected chi connectivity index (χ2v) is 8.53. The average molecular weight is 442 g/mol. The van der Waals surface area contributed by atoms with Gasteiger partial charge >= 0.3 is 6.09 Å². The number of fused-ring (bicyclic) bond motifs is 2. The first kappa shape index (κ1) is 21.1. The Labute approximate surface area is 192 Å². The molecule has 7 heteroatoms. The van der Waals surface area contributed by atoms with E-state index in [9.17, 15) is 4.79 Å². The molecular formula is C26H27N5O2. The van der Waals surface area contributed by atoms with E-state index in [1.165, 1.54) is 5.69 Å². The Morgan fingerprint density at radius 2 is 2.09 bits per heavy atom. The Hall–Kier alpha value is -3.74. The lowest BCUT2D eigenvalue weighted by molar-refractivity contribution is 0.198. The molecule has 1 amide bonds. The summed E-state index contributed by atoms with van der Waals surface area (Å²) in [6.45, 7) is 5.70. The number of benzene rings is 1. The Balaban J connectivity index is 1.51. The van der Waals surface area contributed by atoms with Crippen LogP contribution >= 0.6 is 0 Å². The highest BCUT2D eigenvalue weighted by Gasteiger charge is 2.25. The number of carbonyl (C=O) groups excluding carboxylic acids is 1. The summed E-state index contributed by atoms with van der Waals surface area (Å²) in [6, 6.07) is 13.5. The molecule has 4 aromatic rings. The van der Waals surface area contributed by atoms with Crippen LogP contribution in [0.5, 0.6) is 5.75 Å². The van der Waals surface area contributed by atoms with Crippen LogP contribution in [-0.4, -0.2) is 32.4 Å². The minimum Gasteiger partial charge on any atom is -0.410 e. The van der Waals surface area contributed by atoms with Gasteiger partial charge in [-0.1, -0.05) is 26.3 Å². The predicted molar refractivity (Wildman–Crippen MR) is 128 cm³/mol. The number of pyridine rings is 2. The molecule has 0 aliphatic carbocycles. The Morgan fingerprint density at radius 1 is 1.18 bits per heavy atom. The van der Waals surface area contributed by atoms with E-state index in [-0.39, 0.29) is 0 Å². The summed E-state index contributed by atoms with van der Waals surface area (Å²) in [7, 11) is 0. The topological polar surface area (TPSA) is 81.9 Å². The molecule has 0 fully saturated rings. The van der Waals surface area contributed by atoms with Crippen molar-refractivity contribution in [3.63, 3.8) is 0 Å². The highest BCUT2D eigenvalue weighted by atomic mass is 16.6. The van der Waals surface area contributed by atoms with E-state index in [4.69, 9.17) is 9.84 Å². The molecule has 4 heterocycles. The van der Waals surface area contributed by atoms with Crippen LogP contribution < -0.4 is 10.1 Å². The Kier molecular flexibility index (Phi) is 5.77. The molecule has 1 aliphatic heterocycles. The SMILES string of the molecule is CCC(C)CNC(=O)Oc1ccc2c(-c3c(-c4ccccn4)nn4c3CCC4)ccnc2c1. The number of aryl methyl sites for hydroxylation is 1. The molecule has 1 aliphatic rings. The number of aromatic nitrogens is 4. The molecule has 0 radical (unpaired) electrons. The van der Waals surface area contributed by atoms with Gasteiger partial charge in [0.05, 0.1) is 11.2 Å². The van der Waals surface area contributed by atoms with Gasteiger partial charge in [-0.2, -0.15) is 5.10 Å². The zero-order chi connectivity index (χ0) is 22.8. The average Bonchev–Trinajstić information content (AvgIpc) is 3.44. The van der Waals surface area contributed by atoms with Crippen molar-refractivity contribution >= 4 is 17.0 Å². The van der Waals surface area contributed by atoms with Crippen LogP contribution in [0.1, 0.15) is 32.4 Å². The van der Waals surface area contributed by atoms with Gasteiger partial charge < -0.3 is 10.1 Å². The normalized spacial score (nSPS) is 13.6. The van der Waals surface area contributed by atoms with E-state index in [2.05, 4.69) is 33.8 Å². The molecular weight excluding hydrogens is 414 g/mol. The molecule has 0 spiro atoms. The van der Waals surface area contributed by atoms with Crippen LogP contribution in [0.4, 0.5) is 4.79 Å². The van der Waals surface area contributed by atoms with Gasteiger partial charge in [-0.3, -0.25) is 14.6 Å². The number of hydrogen-bond acceptors (Lipinski definition) is 5. The first-order chi connectivity index (χ1) is 16.1. The lowest BCUT2D eigenvalue weighted by Crippen LogP contribution is -2.30. The number of nitrogens with zero attached hydrogens (tertiary/aromatic N) is 4. The number of carbonyl (C=O) groups is 1. The highest BCUT2D eigenvalue weighted by molar-refractivity contribution is 5.99. The van der Waals surface area contributed by atoms with Crippen LogP contribution in [0.25, 0.3) is 33.4 Å². The van der Waals surface area contributed by atoms with Crippen molar-refractivity contribution in [2.45, 2.75) is 39.7 Å². The third kappa shape index (κ3) is 4.18. The molecule has 5 rings (SSSR count).